The molecule has 27 heavy (non-hydrogen) atoms. The van der Waals surface area contributed by atoms with Crippen molar-refractivity contribution in [3.05, 3.63) is 0 Å². The molecular weight excluding hydrogens is 453 g/mol. The first-order chi connectivity index (χ1) is 12.8. The van der Waals surface area contributed by atoms with E-state index in [0.29, 0.717) is 11.5 Å². The molecule has 0 aromatic carbocycles. The first-order valence-electron chi connectivity index (χ1n) is 10.8. The summed E-state index contributed by atoms with van der Waals surface area (Å²) < 4.78 is 11.3. The minimum Gasteiger partial charge on any atom is -0.385 e. The molecule has 0 atom stereocenters. The summed E-state index contributed by atoms with van der Waals surface area (Å²) in [4.78, 5) is 4.36. The summed E-state index contributed by atoms with van der Waals surface area (Å²) in [6.45, 7) is 3.77. The van der Waals surface area contributed by atoms with Crippen molar-refractivity contribution < 1.29 is 9.47 Å². The third-order valence-corrected chi connectivity index (χ3v) is 6.12. The van der Waals surface area contributed by atoms with E-state index in [-0.39, 0.29) is 24.0 Å². The number of aliphatic imine (C=N–C) groups is 1. The van der Waals surface area contributed by atoms with Crippen LogP contribution in [-0.4, -0.2) is 52.5 Å². The molecular formula is C21H42IN3O2. The van der Waals surface area contributed by atoms with E-state index in [0.717, 1.165) is 38.7 Å². The number of rotatable bonds is 12. The average molecular weight is 495 g/mol. The molecule has 0 unspecified atom stereocenters. The lowest BCUT2D eigenvalue weighted by atomic mass is 9.67. The second-order valence-corrected chi connectivity index (χ2v) is 8.14. The Labute approximate surface area is 183 Å². The Morgan fingerprint density at radius 3 is 2.41 bits per heavy atom. The first kappa shape index (κ1) is 25.0. The van der Waals surface area contributed by atoms with Crippen LogP contribution in [0.4, 0.5) is 0 Å². The van der Waals surface area contributed by atoms with Gasteiger partial charge in [-0.15, -0.1) is 24.0 Å². The number of halogens is 1. The lowest BCUT2D eigenvalue weighted by molar-refractivity contribution is 0.0264. The standard InChI is InChI=1S/C21H41N3O2.HI/c1-22-20(24-18-21(12-9-13-21)14-17-25-2)23-15-7-4-8-16-26-19-10-5-3-6-11-19;/h19H,3-18H2,1-2H3,(H2,22,23,24);1H. The Kier molecular flexibility index (Phi) is 13.7. The van der Waals surface area contributed by atoms with Crippen molar-refractivity contribution in [1.29, 1.82) is 0 Å². The molecule has 2 aliphatic carbocycles. The largest absolute Gasteiger partial charge is 0.385 e. The molecule has 160 valence electrons. The van der Waals surface area contributed by atoms with E-state index in [9.17, 15) is 0 Å². The molecule has 0 aromatic heterocycles. The Hall–Kier alpha value is -0.0800. The topological polar surface area (TPSA) is 54.9 Å². The van der Waals surface area contributed by atoms with E-state index in [1.807, 2.05) is 7.05 Å². The van der Waals surface area contributed by atoms with Crippen LogP contribution in [-0.2, 0) is 9.47 Å². The molecule has 0 bridgehead atoms. The molecule has 6 heteroatoms. The summed E-state index contributed by atoms with van der Waals surface area (Å²) in [7, 11) is 3.65. The summed E-state index contributed by atoms with van der Waals surface area (Å²) >= 11 is 0. The Morgan fingerprint density at radius 1 is 1.00 bits per heavy atom. The van der Waals surface area contributed by atoms with E-state index in [4.69, 9.17) is 9.47 Å². The van der Waals surface area contributed by atoms with Crippen LogP contribution in [0.15, 0.2) is 4.99 Å². The molecule has 5 nitrogen and oxygen atoms in total. The molecule has 0 radical (unpaired) electrons. The number of nitrogens with one attached hydrogen (secondary N) is 2. The molecule has 2 aliphatic rings. The number of hydrogen-bond donors (Lipinski definition) is 2. The first-order valence-corrected chi connectivity index (χ1v) is 10.8. The van der Waals surface area contributed by atoms with Gasteiger partial charge in [-0.3, -0.25) is 4.99 Å². The van der Waals surface area contributed by atoms with Crippen molar-refractivity contribution >= 4 is 29.9 Å². The maximum atomic E-state index is 5.99. The van der Waals surface area contributed by atoms with E-state index in [2.05, 4.69) is 15.6 Å². The highest BCUT2D eigenvalue weighted by Crippen LogP contribution is 2.43. The quantitative estimate of drug-likeness (QED) is 0.181. The fourth-order valence-electron chi connectivity index (χ4n) is 4.09. The van der Waals surface area contributed by atoms with Crippen molar-refractivity contribution in [3.8, 4) is 0 Å². The van der Waals surface area contributed by atoms with E-state index in [1.54, 1.807) is 7.11 Å². The third-order valence-electron chi connectivity index (χ3n) is 6.12. The van der Waals surface area contributed by atoms with Gasteiger partial charge in [-0.1, -0.05) is 25.7 Å². The van der Waals surface area contributed by atoms with Crippen LogP contribution >= 0.6 is 24.0 Å². The van der Waals surface area contributed by atoms with Crippen LogP contribution in [0, 0.1) is 5.41 Å². The summed E-state index contributed by atoms with van der Waals surface area (Å²) in [5.74, 6) is 0.937. The van der Waals surface area contributed by atoms with Crippen LogP contribution in [0.25, 0.3) is 0 Å². The Morgan fingerprint density at radius 2 is 1.78 bits per heavy atom. The smallest absolute Gasteiger partial charge is 0.190 e. The van der Waals surface area contributed by atoms with Crippen LogP contribution in [0.5, 0.6) is 0 Å². The molecule has 0 heterocycles. The highest BCUT2D eigenvalue weighted by molar-refractivity contribution is 14.0. The zero-order valence-corrected chi connectivity index (χ0v) is 19.9. The summed E-state index contributed by atoms with van der Waals surface area (Å²) in [6, 6.07) is 0. The fraction of sp³-hybridized carbons (Fsp3) is 0.952. The van der Waals surface area contributed by atoms with Gasteiger partial charge in [0.05, 0.1) is 6.10 Å². The second kappa shape index (κ2) is 14.9. The number of ether oxygens (including phenoxy) is 2. The molecule has 2 rings (SSSR count). The number of hydrogen-bond acceptors (Lipinski definition) is 3. The van der Waals surface area contributed by atoms with Gasteiger partial charge < -0.3 is 20.1 Å². The predicted octanol–water partition coefficient (Wildman–Crippen LogP) is 4.50. The van der Waals surface area contributed by atoms with Crippen LogP contribution in [0.2, 0.25) is 0 Å². The van der Waals surface area contributed by atoms with Gasteiger partial charge in [-0.25, -0.2) is 0 Å². The van der Waals surface area contributed by atoms with Gasteiger partial charge >= 0.3 is 0 Å². The molecule has 2 saturated carbocycles. The van der Waals surface area contributed by atoms with E-state index < -0.39 is 0 Å². The van der Waals surface area contributed by atoms with Crippen LogP contribution in [0.1, 0.15) is 77.0 Å². The number of nitrogens with zero attached hydrogens (tertiary/aromatic N) is 1. The highest BCUT2D eigenvalue weighted by Gasteiger charge is 2.36. The Balaban J connectivity index is 0.00000364. The van der Waals surface area contributed by atoms with E-state index in [1.165, 1.54) is 70.6 Å². The zero-order valence-electron chi connectivity index (χ0n) is 17.6. The molecule has 0 spiro atoms. The summed E-state index contributed by atoms with van der Waals surface area (Å²) in [5.41, 5.74) is 0.421. The van der Waals surface area contributed by atoms with Gasteiger partial charge in [0.2, 0.25) is 0 Å². The van der Waals surface area contributed by atoms with Gasteiger partial charge in [0, 0.05) is 40.5 Å². The van der Waals surface area contributed by atoms with Crippen LogP contribution in [0.3, 0.4) is 0 Å². The summed E-state index contributed by atoms with van der Waals surface area (Å²) in [6.07, 6.45) is 15.9. The van der Waals surface area contributed by atoms with Crippen molar-refractivity contribution in [2.24, 2.45) is 10.4 Å². The molecule has 0 aliphatic heterocycles. The molecule has 2 fully saturated rings. The van der Waals surface area contributed by atoms with Crippen molar-refractivity contribution in [1.82, 2.24) is 10.6 Å². The minimum absolute atomic E-state index is 0. The molecule has 0 saturated heterocycles. The maximum absolute atomic E-state index is 5.99. The normalized spacial score (nSPS) is 19.9. The lowest BCUT2D eigenvalue weighted by Gasteiger charge is -2.42. The van der Waals surface area contributed by atoms with Crippen molar-refractivity contribution in [3.63, 3.8) is 0 Å². The van der Waals surface area contributed by atoms with Crippen LogP contribution < -0.4 is 10.6 Å². The van der Waals surface area contributed by atoms with E-state index >= 15 is 0 Å². The predicted molar refractivity (Wildman–Crippen MR) is 124 cm³/mol. The zero-order chi connectivity index (χ0) is 18.5. The second-order valence-electron chi connectivity index (χ2n) is 8.14. The van der Waals surface area contributed by atoms with Gasteiger partial charge in [0.25, 0.3) is 0 Å². The van der Waals surface area contributed by atoms with Gasteiger partial charge in [0.1, 0.15) is 0 Å². The van der Waals surface area contributed by atoms with Crippen molar-refractivity contribution in [2.45, 2.75) is 83.2 Å². The van der Waals surface area contributed by atoms with Crippen molar-refractivity contribution in [2.75, 3.05) is 40.5 Å². The summed E-state index contributed by atoms with van der Waals surface area (Å²) in [5, 5.41) is 6.98. The van der Waals surface area contributed by atoms with Gasteiger partial charge in [-0.2, -0.15) is 0 Å². The minimum atomic E-state index is 0. The number of guanidine groups is 1. The number of methoxy groups -OCH3 is 1. The monoisotopic (exact) mass is 495 g/mol. The average Bonchev–Trinajstić information content (AvgIpc) is 2.65. The molecule has 0 aromatic rings. The van der Waals surface area contributed by atoms with Gasteiger partial charge in [0.15, 0.2) is 5.96 Å². The molecule has 2 N–H and O–H groups in total. The SMILES string of the molecule is CN=C(NCCCCCOC1CCCCC1)NCC1(CCOC)CCC1.I. The van der Waals surface area contributed by atoms with Gasteiger partial charge in [-0.05, 0) is 56.8 Å². The highest BCUT2D eigenvalue weighted by atomic mass is 127. The lowest BCUT2D eigenvalue weighted by Crippen LogP contribution is -2.47. The molecule has 0 amide bonds. The Bertz CT molecular complexity index is 397. The fourth-order valence-corrected chi connectivity index (χ4v) is 4.09. The maximum Gasteiger partial charge on any atom is 0.190 e. The number of unbranched alkanes of at least 4 members (excludes halogenated alkanes) is 2. The third kappa shape index (κ3) is 9.79.